The summed E-state index contributed by atoms with van der Waals surface area (Å²) in [5.41, 5.74) is 4.31. The number of nitrogens with one attached hydrogen (secondary N) is 1. The van der Waals surface area contributed by atoms with Gasteiger partial charge in [0.1, 0.15) is 5.69 Å². The summed E-state index contributed by atoms with van der Waals surface area (Å²) in [6, 6.07) is 6.10. The second kappa shape index (κ2) is 6.28. The topological polar surface area (TPSA) is 54.9 Å². The van der Waals surface area contributed by atoms with Gasteiger partial charge >= 0.3 is 0 Å². The van der Waals surface area contributed by atoms with Crippen molar-refractivity contribution < 1.29 is 4.79 Å². The van der Waals surface area contributed by atoms with Gasteiger partial charge in [0, 0.05) is 11.9 Å². The first-order chi connectivity index (χ1) is 9.65. The molecule has 20 heavy (non-hydrogen) atoms. The minimum absolute atomic E-state index is 0.215. The van der Waals surface area contributed by atoms with Crippen LogP contribution in [0.25, 0.3) is 0 Å². The number of aromatic nitrogens is 2. The second-order valence-corrected chi connectivity index (χ2v) is 4.66. The summed E-state index contributed by atoms with van der Waals surface area (Å²) in [6.07, 6.45) is 4.86. The Morgan fingerprint density at radius 1 is 1.10 bits per heavy atom. The summed E-state index contributed by atoms with van der Waals surface area (Å²) in [4.78, 5) is 20.5. The van der Waals surface area contributed by atoms with Gasteiger partial charge in [-0.2, -0.15) is 0 Å². The van der Waals surface area contributed by atoms with Gasteiger partial charge in [0.05, 0.1) is 11.9 Å². The number of hydrogen-bond acceptors (Lipinski definition) is 3. The summed E-state index contributed by atoms with van der Waals surface area (Å²) in [5, 5.41) is 2.98. The van der Waals surface area contributed by atoms with E-state index in [1.165, 1.54) is 6.20 Å². The van der Waals surface area contributed by atoms with E-state index >= 15 is 0 Å². The number of nitrogens with zero attached hydrogens (tertiary/aromatic N) is 2. The van der Waals surface area contributed by atoms with Gasteiger partial charge in [-0.25, -0.2) is 4.98 Å². The lowest BCUT2D eigenvalue weighted by molar-refractivity contribution is 0.102. The van der Waals surface area contributed by atoms with E-state index < -0.39 is 0 Å². The maximum atomic E-state index is 12.2. The molecule has 4 nitrogen and oxygen atoms in total. The van der Waals surface area contributed by atoms with Crippen LogP contribution in [0.2, 0.25) is 0 Å². The van der Waals surface area contributed by atoms with E-state index in [9.17, 15) is 4.79 Å². The van der Waals surface area contributed by atoms with Gasteiger partial charge < -0.3 is 5.32 Å². The van der Waals surface area contributed by atoms with Gasteiger partial charge in [-0.1, -0.05) is 32.0 Å². The molecule has 2 aromatic rings. The molecule has 0 spiro atoms. The number of benzene rings is 1. The fourth-order valence-corrected chi connectivity index (χ4v) is 2.09. The van der Waals surface area contributed by atoms with Crippen LogP contribution in [0.4, 0.5) is 5.69 Å². The number of para-hydroxylation sites is 1. The Bertz CT molecular complexity index is 583. The maximum Gasteiger partial charge on any atom is 0.275 e. The number of anilines is 1. The molecule has 0 aliphatic heterocycles. The third-order valence-corrected chi connectivity index (χ3v) is 3.25. The van der Waals surface area contributed by atoms with E-state index in [4.69, 9.17) is 0 Å². The molecule has 104 valence electrons. The molecule has 0 fully saturated rings. The highest BCUT2D eigenvalue weighted by atomic mass is 16.1. The third-order valence-electron chi connectivity index (χ3n) is 3.25. The van der Waals surface area contributed by atoms with Crippen molar-refractivity contribution in [1.29, 1.82) is 0 Å². The van der Waals surface area contributed by atoms with Gasteiger partial charge in [0.2, 0.25) is 0 Å². The van der Waals surface area contributed by atoms with Crippen LogP contribution in [-0.4, -0.2) is 15.9 Å². The maximum absolute atomic E-state index is 12.2. The number of hydrogen-bond donors (Lipinski definition) is 1. The Hall–Kier alpha value is -2.23. The molecule has 0 unspecified atom stereocenters. The van der Waals surface area contributed by atoms with Crippen molar-refractivity contribution in [3.63, 3.8) is 0 Å². The van der Waals surface area contributed by atoms with Crippen LogP contribution in [0.5, 0.6) is 0 Å². The lowest BCUT2D eigenvalue weighted by atomic mass is 10.0. The molecule has 1 heterocycles. The predicted octanol–water partition coefficient (Wildman–Crippen LogP) is 3.16. The van der Waals surface area contributed by atoms with Crippen LogP contribution in [0.3, 0.4) is 0 Å². The Balaban J connectivity index is 2.29. The van der Waals surface area contributed by atoms with E-state index in [1.54, 1.807) is 6.20 Å². The molecular weight excluding hydrogens is 250 g/mol. The summed E-state index contributed by atoms with van der Waals surface area (Å²) < 4.78 is 0. The van der Waals surface area contributed by atoms with Crippen molar-refractivity contribution >= 4 is 11.6 Å². The van der Waals surface area contributed by atoms with Crippen LogP contribution in [0.1, 0.15) is 41.2 Å². The largest absolute Gasteiger partial charge is 0.320 e. The number of rotatable bonds is 4. The molecule has 0 aliphatic carbocycles. The van der Waals surface area contributed by atoms with Crippen LogP contribution < -0.4 is 5.32 Å². The molecule has 0 bridgehead atoms. The zero-order valence-electron chi connectivity index (χ0n) is 12.1. The molecule has 1 aromatic heterocycles. The molecule has 4 heteroatoms. The lowest BCUT2D eigenvalue weighted by Crippen LogP contribution is -2.16. The molecule has 1 amide bonds. The predicted molar refractivity (Wildman–Crippen MR) is 79.9 cm³/mol. The molecule has 0 aliphatic rings. The molecule has 2 rings (SSSR count). The average Bonchev–Trinajstić information content (AvgIpc) is 2.48. The minimum atomic E-state index is -0.215. The lowest BCUT2D eigenvalue weighted by Gasteiger charge is -2.14. The SMILES string of the molecule is CCc1cccc(CC)c1NC(=O)c1cnc(C)cn1. The summed E-state index contributed by atoms with van der Waals surface area (Å²) >= 11 is 0. The molecule has 0 atom stereocenters. The zero-order valence-corrected chi connectivity index (χ0v) is 12.1. The smallest absolute Gasteiger partial charge is 0.275 e. The summed E-state index contributed by atoms with van der Waals surface area (Å²) in [6.45, 7) is 6.00. The Morgan fingerprint density at radius 3 is 2.25 bits per heavy atom. The standard InChI is InChI=1S/C16H19N3O/c1-4-12-7-6-8-13(5-2)15(12)19-16(20)14-10-17-11(3)9-18-14/h6-10H,4-5H2,1-3H3,(H,19,20). The summed E-state index contributed by atoms with van der Waals surface area (Å²) in [5.74, 6) is -0.215. The highest BCUT2D eigenvalue weighted by Crippen LogP contribution is 2.23. The van der Waals surface area contributed by atoms with Crippen molar-refractivity contribution in [3.8, 4) is 0 Å². The molecule has 0 radical (unpaired) electrons. The van der Waals surface area contributed by atoms with E-state index in [0.717, 1.165) is 35.3 Å². The van der Waals surface area contributed by atoms with Crippen molar-refractivity contribution in [2.45, 2.75) is 33.6 Å². The zero-order chi connectivity index (χ0) is 14.5. The van der Waals surface area contributed by atoms with Gasteiger partial charge in [0.15, 0.2) is 0 Å². The van der Waals surface area contributed by atoms with Crippen molar-refractivity contribution in [3.05, 3.63) is 53.1 Å². The van der Waals surface area contributed by atoms with Crippen molar-refractivity contribution in [2.75, 3.05) is 5.32 Å². The Labute approximate surface area is 119 Å². The van der Waals surface area contributed by atoms with Crippen molar-refractivity contribution in [1.82, 2.24) is 9.97 Å². The van der Waals surface area contributed by atoms with Crippen LogP contribution in [-0.2, 0) is 12.8 Å². The first kappa shape index (κ1) is 14.2. The van der Waals surface area contributed by atoms with Gasteiger partial charge in [-0.3, -0.25) is 9.78 Å². The molecular formula is C16H19N3O. The Kier molecular flexibility index (Phi) is 4.45. The normalized spacial score (nSPS) is 10.3. The first-order valence-electron chi connectivity index (χ1n) is 6.86. The number of carbonyl (C=O) groups excluding carboxylic acids is 1. The highest BCUT2D eigenvalue weighted by molar-refractivity contribution is 6.03. The van der Waals surface area contributed by atoms with Crippen LogP contribution in [0, 0.1) is 6.92 Å². The van der Waals surface area contributed by atoms with Gasteiger partial charge in [-0.15, -0.1) is 0 Å². The number of carbonyl (C=O) groups is 1. The van der Waals surface area contributed by atoms with Gasteiger partial charge in [-0.05, 0) is 30.9 Å². The monoisotopic (exact) mass is 269 g/mol. The average molecular weight is 269 g/mol. The molecule has 1 N–H and O–H groups in total. The molecule has 0 saturated heterocycles. The second-order valence-electron chi connectivity index (χ2n) is 4.66. The minimum Gasteiger partial charge on any atom is -0.320 e. The summed E-state index contributed by atoms with van der Waals surface area (Å²) in [7, 11) is 0. The third kappa shape index (κ3) is 3.02. The van der Waals surface area contributed by atoms with Crippen molar-refractivity contribution in [2.24, 2.45) is 0 Å². The number of amides is 1. The number of aryl methyl sites for hydroxylation is 3. The van der Waals surface area contributed by atoms with Crippen LogP contribution >= 0.6 is 0 Å². The molecule has 1 aromatic carbocycles. The Morgan fingerprint density at radius 2 is 1.75 bits per heavy atom. The highest BCUT2D eigenvalue weighted by Gasteiger charge is 2.12. The van der Waals surface area contributed by atoms with Crippen LogP contribution in [0.15, 0.2) is 30.6 Å². The quantitative estimate of drug-likeness (QED) is 0.927. The fraction of sp³-hybridized carbons (Fsp3) is 0.312. The fourth-order valence-electron chi connectivity index (χ4n) is 2.09. The van der Waals surface area contributed by atoms with Gasteiger partial charge in [0.25, 0.3) is 5.91 Å². The van der Waals surface area contributed by atoms with E-state index in [-0.39, 0.29) is 5.91 Å². The molecule has 0 saturated carbocycles. The van der Waals surface area contributed by atoms with E-state index in [1.807, 2.05) is 25.1 Å². The van der Waals surface area contributed by atoms with E-state index in [0.29, 0.717) is 5.69 Å². The first-order valence-corrected chi connectivity index (χ1v) is 6.86. The van der Waals surface area contributed by atoms with E-state index in [2.05, 4.69) is 29.1 Å².